The van der Waals surface area contributed by atoms with Gasteiger partial charge >= 0.3 is 0 Å². The second kappa shape index (κ2) is 8.24. The van der Waals surface area contributed by atoms with E-state index in [0.717, 1.165) is 16.7 Å². The Morgan fingerprint density at radius 1 is 0.871 bits per heavy atom. The first-order valence-corrected chi connectivity index (χ1v) is 11.9. The Labute approximate surface area is 181 Å². The van der Waals surface area contributed by atoms with Crippen molar-refractivity contribution >= 4 is 27.7 Å². The maximum absolute atomic E-state index is 13.5. The minimum absolute atomic E-state index is 0.185. The zero-order valence-corrected chi connectivity index (χ0v) is 17.9. The van der Waals surface area contributed by atoms with Crippen LogP contribution in [0.25, 0.3) is 0 Å². The number of piperazine rings is 1. The Morgan fingerprint density at radius 2 is 1.39 bits per heavy atom. The van der Waals surface area contributed by atoms with Gasteiger partial charge < -0.3 is 4.90 Å². The van der Waals surface area contributed by atoms with Gasteiger partial charge in [0.1, 0.15) is 6.04 Å². The Balaban J connectivity index is 1.62. The van der Waals surface area contributed by atoms with E-state index in [1.807, 2.05) is 30.3 Å². The maximum atomic E-state index is 13.5. The van der Waals surface area contributed by atoms with Crippen LogP contribution >= 0.6 is 0 Å². The van der Waals surface area contributed by atoms with E-state index in [2.05, 4.69) is 0 Å². The SMILES string of the molecule is CS(=O)(=O)N1CCN(C(=O)C(Cc2ccccc2)N2C(=O)c3ccccc3C2=O)CC1. The van der Waals surface area contributed by atoms with Crippen molar-refractivity contribution in [3.8, 4) is 0 Å². The number of rotatable bonds is 5. The molecule has 2 aliphatic heterocycles. The highest BCUT2D eigenvalue weighted by Gasteiger charge is 2.44. The third kappa shape index (κ3) is 4.11. The third-order valence-corrected chi connectivity index (χ3v) is 7.02. The van der Waals surface area contributed by atoms with E-state index >= 15 is 0 Å². The number of sulfonamides is 1. The van der Waals surface area contributed by atoms with Crippen molar-refractivity contribution in [3.05, 3.63) is 71.3 Å². The molecule has 2 heterocycles. The minimum atomic E-state index is -3.34. The smallest absolute Gasteiger partial charge is 0.262 e. The Bertz CT molecular complexity index is 1090. The molecule has 8 nitrogen and oxygen atoms in total. The van der Waals surface area contributed by atoms with E-state index in [4.69, 9.17) is 0 Å². The fraction of sp³-hybridized carbons (Fsp3) is 0.318. The van der Waals surface area contributed by atoms with E-state index in [1.54, 1.807) is 29.2 Å². The topological polar surface area (TPSA) is 95.1 Å². The van der Waals surface area contributed by atoms with Gasteiger partial charge in [0.2, 0.25) is 15.9 Å². The predicted molar refractivity (Wildman–Crippen MR) is 114 cm³/mol. The van der Waals surface area contributed by atoms with Gasteiger partial charge in [0.15, 0.2) is 0 Å². The summed E-state index contributed by atoms with van der Waals surface area (Å²) in [6.07, 6.45) is 1.33. The van der Waals surface area contributed by atoms with Gasteiger partial charge in [-0.2, -0.15) is 4.31 Å². The Morgan fingerprint density at radius 3 is 1.90 bits per heavy atom. The molecule has 2 aromatic rings. The summed E-state index contributed by atoms with van der Waals surface area (Å²) < 4.78 is 24.9. The van der Waals surface area contributed by atoms with Gasteiger partial charge in [0.05, 0.1) is 17.4 Å². The van der Waals surface area contributed by atoms with Gasteiger partial charge in [-0.15, -0.1) is 0 Å². The number of hydrogen-bond acceptors (Lipinski definition) is 5. The molecule has 0 spiro atoms. The van der Waals surface area contributed by atoms with E-state index in [-0.39, 0.29) is 38.5 Å². The highest BCUT2D eigenvalue weighted by atomic mass is 32.2. The van der Waals surface area contributed by atoms with Crippen molar-refractivity contribution in [1.29, 1.82) is 0 Å². The largest absolute Gasteiger partial charge is 0.338 e. The van der Waals surface area contributed by atoms with Crippen molar-refractivity contribution < 1.29 is 22.8 Å². The van der Waals surface area contributed by atoms with Crippen LogP contribution in [-0.4, -0.2) is 78.7 Å². The molecule has 0 radical (unpaired) electrons. The second-order valence-electron chi connectivity index (χ2n) is 7.72. The van der Waals surface area contributed by atoms with Crippen molar-refractivity contribution in [1.82, 2.24) is 14.1 Å². The molecule has 31 heavy (non-hydrogen) atoms. The normalized spacial score (nSPS) is 18.2. The maximum Gasteiger partial charge on any atom is 0.262 e. The summed E-state index contributed by atoms with van der Waals surface area (Å²) in [6, 6.07) is 14.8. The van der Waals surface area contributed by atoms with E-state index in [1.165, 1.54) is 4.31 Å². The van der Waals surface area contributed by atoms with Crippen LogP contribution < -0.4 is 0 Å². The first-order chi connectivity index (χ1) is 14.8. The van der Waals surface area contributed by atoms with E-state index in [0.29, 0.717) is 11.1 Å². The van der Waals surface area contributed by atoms with Crippen LogP contribution in [0.3, 0.4) is 0 Å². The molecule has 1 atom stereocenters. The summed E-state index contributed by atoms with van der Waals surface area (Å²) in [7, 11) is -3.34. The molecule has 9 heteroatoms. The van der Waals surface area contributed by atoms with Crippen LogP contribution in [0.1, 0.15) is 26.3 Å². The molecule has 0 aliphatic carbocycles. The molecular formula is C22H23N3O5S. The van der Waals surface area contributed by atoms with Gasteiger partial charge in [-0.1, -0.05) is 42.5 Å². The van der Waals surface area contributed by atoms with Crippen LogP contribution in [0.4, 0.5) is 0 Å². The van der Waals surface area contributed by atoms with Gasteiger partial charge in [-0.25, -0.2) is 8.42 Å². The number of benzene rings is 2. The summed E-state index contributed by atoms with van der Waals surface area (Å²) in [6.45, 7) is 0.788. The van der Waals surface area contributed by atoms with Gasteiger partial charge in [0.25, 0.3) is 11.8 Å². The monoisotopic (exact) mass is 441 g/mol. The van der Waals surface area contributed by atoms with Crippen LogP contribution in [0, 0.1) is 0 Å². The number of imide groups is 1. The average molecular weight is 442 g/mol. The Hall–Kier alpha value is -3.04. The fourth-order valence-electron chi connectivity index (χ4n) is 4.07. The molecule has 1 fully saturated rings. The molecular weight excluding hydrogens is 418 g/mol. The average Bonchev–Trinajstić information content (AvgIpc) is 3.02. The fourth-order valence-corrected chi connectivity index (χ4v) is 4.89. The van der Waals surface area contributed by atoms with Gasteiger partial charge in [-0.05, 0) is 17.7 Å². The lowest BCUT2D eigenvalue weighted by Crippen LogP contribution is -2.57. The third-order valence-electron chi connectivity index (χ3n) is 5.71. The molecule has 3 amide bonds. The van der Waals surface area contributed by atoms with Crippen LogP contribution in [-0.2, 0) is 21.2 Å². The number of hydrogen-bond donors (Lipinski definition) is 0. The molecule has 1 unspecified atom stereocenters. The second-order valence-corrected chi connectivity index (χ2v) is 9.70. The minimum Gasteiger partial charge on any atom is -0.338 e. The highest BCUT2D eigenvalue weighted by molar-refractivity contribution is 7.88. The summed E-state index contributed by atoms with van der Waals surface area (Å²) >= 11 is 0. The first kappa shape index (κ1) is 21.2. The number of carbonyl (C=O) groups excluding carboxylic acids is 3. The van der Waals surface area contributed by atoms with Gasteiger partial charge in [0, 0.05) is 32.6 Å². The summed E-state index contributed by atoms with van der Waals surface area (Å²) in [5.74, 6) is -1.32. The molecule has 4 rings (SSSR count). The molecule has 2 aromatic carbocycles. The van der Waals surface area contributed by atoms with Crippen molar-refractivity contribution in [2.45, 2.75) is 12.5 Å². The molecule has 2 aliphatic rings. The lowest BCUT2D eigenvalue weighted by Gasteiger charge is -2.37. The van der Waals surface area contributed by atoms with E-state index in [9.17, 15) is 22.8 Å². The number of fused-ring (bicyclic) bond motifs is 1. The first-order valence-electron chi connectivity index (χ1n) is 10.0. The Kier molecular flexibility index (Phi) is 5.63. The quantitative estimate of drug-likeness (QED) is 0.645. The summed E-state index contributed by atoms with van der Waals surface area (Å²) in [4.78, 5) is 42.2. The van der Waals surface area contributed by atoms with E-state index < -0.39 is 27.9 Å². The molecule has 162 valence electrons. The molecule has 0 saturated carbocycles. The van der Waals surface area contributed by atoms with Gasteiger partial charge in [-0.3, -0.25) is 19.3 Å². The number of carbonyl (C=O) groups is 3. The predicted octanol–water partition coefficient (Wildman–Crippen LogP) is 0.998. The number of nitrogens with zero attached hydrogens (tertiary/aromatic N) is 3. The zero-order valence-electron chi connectivity index (χ0n) is 17.1. The van der Waals surface area contributed by atoms with Crippen molar-refractivity contribution in [2.24, 2.45) is 0 Å². The standard InChI is InChI=1S/C22H23N3O5S/c1-31(29,30)24-13-11-23(12-14-24)22(28)19(15-16-7-3-2-4-8-16)25-20(26)17-9-5-6-10-18(17)21(25)27/h2-10,19H,11-15H2,1H3. The lowest BCUT2D eigenvalue weighted by atomic mass is 10.0. The molecule has 0 aromatic heterocycles. The molecule has 0 N–H and O–H groups in total. The van der Waals surface area contributed by atoms with Crippen molar-refractivity contribution in [3.63, 3.8) is 0 Å². The molecule has 1 saturated heterocycles. The van der Waals surface area contributed by atoms with Crippen LogP contribution in [0.2, 0.25) is 0 Å². The summed E-state index contributed by atoms with van der Waals surface area (Å²) in [5, 5.41) is 0. The zero-order chi connectivity index (χ0) is 22.2. The van der Waals surface area contributed by atoms with Crippen molar-refractivity contribution in [2.75, 3.05) is 32.4 Å². The summed E-state index contributed by atoms with van der Waals surface area (Å²) in [5.41, 5.74) is 1.41. The van der Waals surface area contributed by atoms with Crippen LogP contribution in [0.15, 0.2) is 54.6 Å². The van der Waals surface area contributed by atoms with Crippen LogP contribution in [0.5, 0.6) is 0 Å². The number of amides is 3. The molecule has 0 bridgehead atoms. The highest BCUT2D eigenvalue weighted by Crippen LogP contribution is 2.27. The lowest BCUT2D eigenvalue weighted by molar-refractivity contribution is -0.136.